The van der Waals surface area contributed by atoms with Gasteiger partial charge in [-0.15, -0.1) is 10.2 Å². The topological polar surface area (TPSA) is 128 Å². The monoisotopic (exact) mass is 477 g/mol. The zero-order valence-electron chi connectivity index (χ0n) is 20.5. The number of hydrogen-bond donors (Lipinski definition) is 3. The molecule has 2 heterocycles. The number of fused-ring (bicyclic) bond motifs is 1. The van der Waals surface area contributed by atoms with Crippen LogP contribution in [0.5, 0.6) is 5.75 Å². The molecule has 0 aliphatic carbocycles. The third-order valence-corrected chi connectivity index (χ3v) is 6.03. The highest BCUT2D eigenvalue weighted by Crippen LogP contribution is 2.34. The van der Waals surface area contributed by atoms with E-state index in [9.17, 15) is 4.79 Å². The lowest BCUT2D eigenvalue weighted by Crippen LogP contribution is -2.35. The number of rotatable bonds is 9. The maximum Gasteiger partial charge on any atom is 0.273 e. The highest BCUT2D eigenvalue weighted by Gasteiger charge is 2.22. The number of carbonyl (C=O) groups is 1. The van der Waals surface area contributed by atoms with Crippen LogP contribution >= 0.6 is 0 Å². The number of nitrogens with zero attached hydrogens (tertiary/aromatic N) is 4. The number of para-hydroxylation sites is 1. The molecule has 10 heteroatoms. The van der Waals surface area contributed by atoms with Gasteiger partial charge in [-0.05, 0) is 49.6 Å². The van der Waals surface area contributed by atoms with Gasteiger partial charge in [0, 0.05) is 37.5 Å². The molecule has 0 spiro atoms. The number of aromatic nitrogens is 3. The van der Waals surface area contributed by atoms with E-state index in [-0.39, 0.29) is 17.5 Å². The lowest BCUT2D eigenvalue weighted by Gasteiger charge is -2.32. The van der Waals surface area contributed by atoms with Gasteiger partial charge in [-0.1, -0.05) is 18.2 Å². The fourth-order valence-corrected chi connectivity index (χ4v) is 4.12. The molecule has 0 unspecified atom stereocenters. The SMILES string of the molecule is COCc1ccccc1Nc1nc(Nc2cc3c(cc2OC)CCN(C(C)C)C3)nnc1C(N)=O. The molecule has 184 valence electrons. The van der Waals surface area contributed by atoms with Crippen LogP contribution in [0.2, 0.25) is 0 Å². The maximum absolute atomic E-state index is 12.0. The average Bonchev–Trinajstić information content (AvgIpc) is 2.84. The van der Waals surface area contributed by atoms with Crippen LogP contribution in [-0.4, -0.2) is 52.8 Å². The molecule has 0 saturated carbocycles. The Morgan fingerprint density at radius 2 is 1.91 bits per heavy atom. The number of anilines is 4. The van der Waals surface area contributed by atoms with Gasteiger partial charge in [-0.3, -0.25) is 9.69 Å². The van der Waals surface area contributed by atoms with Crippen molar-refractivity contribution < 1.29 is 14.3 Å². The highest BCUT2D eigenvalue weighted by molar-refractivity contribution is 5.96. The van der Waals surface area contributed by atoms with Gasteiger partial charge in [0.15, 0.2) is 11.5 Å². The molecule has 1 aliphatic rings. The first kappa shape index (κ1) is 24.4. The normalized spacial score (nSPS) is 13.4. The van der Waals surface area contributed by atoms with E-state index >= 15 is 0 Å². The third kappa shape index (κ3) is 5.50. The molecule has 1 aromatic heterocycles. The molecule has 0 radical (unpaired) electrons. The standard InChI is InChI=1S/C25H31N7O3/c1-15(2)32-10-9-16-12-21(35-4)20(11-18(16)13-32)28-25-29-24(22(23(26)33)30-31-25)27-19-8-6-5-7-17(19)14-34-3/h5-8,11-12,15H,9-10,13-14H2,1-4H3,(H2,26,33)(H2,27,28,29,31). The summed E-state index contributed by atoms with van der Waals surface area (Å²) in [5, 5.41) is 14.5. The summed E-state index contributed by atoms with van der Waals surface area (Å²) in [4.78, 5) is 19.0. The Labute approximate surface area is 204 Å². The predicted octanol–water partition coefficient (Wildman–Crippen LogP) is 3.38. The Morgan fingerprint density at radius 3 is 2.63 bits per heavy atom. The van der Waals surface area contributed by atoms with Crippen molar-refractivity contribution >= 4 is 29.0 Å². The Hall–Kier alpha value is -3.76. The summed E-state index contributed by atoms with van der Waals surface area (Å²) in [6.45, 7) is 6.66. The Bertz CT molecular complexity index is 1220. The first-order valence-corrected chi connectivity index (χ1v) is 11.5. The van der Waals surface area contributed by atoms with E-state index in [0.29, 0.717) is 18.4 Å². The molecule has 3 aromatic rings. The average molecular weight is 478 g/mol. The van der Waals surface area contributed by atoms with Crippen molar-refractivity contribution in [1.29, 1.82) is 0 Å². The van der Waals surface area contributed by atoms with Crippen molar-refractivity contribution in [3.63, 3.8) is 0 Å². The zero-order valence-corrected chi connectivity index (χ0v) is 20.5. The number of ether oxygens (including phenoxy) is 2. The number of nitrogens with one attached hydrogen (secondary N) is 2. The molecule has 1 aliphatic heterocycles. The minimum Gasteiger partial charge on any atom is -0.495 e. The number of hydrogen-bond acceptors (Lipinski definition) is 9. The van der Waals surface area contributed by atoms with Crippen LogP contribution in [0, 0.1) is 0 Å². The van der Waals surface area contributed by atoms with Gasteiger partial charge in [-0.2, -0.15) is 4.98 Å². The lowest BCUT2D eigenvalue weighted by molar-refractivity contribution is 0.0995. The van der Waals surface area contributed by atoms with Crippen molar-refractivity contribution in [1.82, 2.24) is 20.1 Å². The number of benzene rings is 2. The van der Waals surface area contributed by atoms with E-state index in [4.69, 9.17) is 15.2 Å². The minimum atomic E-state index is -0.733. The van der Waals surface area contributed by atoms with Crippen molar-refractivity contribution in [3.05, 3.63) is 58.8 Å². The van der Waals surface area contributed by atoms with Crippen LogP contribution in [0.3, 0.4) is 0 Å². The van der Waals surface area contributed by atoms with Gasteiger partial charge < -0.3 is 25.8 Å². The summed E-state index contributed by atoms with van der Waals surface area (Å²) in [7, 11) is 3.25. The summed E-state index contributed by atoms with van der Waals surface area (Å²) in [5.74, 6) is 0.352. The number of carbonyl (C=O) groups excluding carboxylic acids is 1. The van der Waals surface area contributed by atoms with E-state index < -0.39 is 5.91 Å². The van der Waals surface area contributed by atoms with Gasteiger partial charge >= 0.3 is 0 Å². The van der Waals surface area contributed by atoms with E-state index in [2.05, 4.69) is 56.7 Å². The van der Waals surface area contributed by atoms with Crippen molar-refractivity contribution in [2.45, 2.75) is 39.5 Å². The third-order valence-electron chi connectivity index (χ3n) is 6.03. The predicted molar refractivity (Wildman–Crippen MR) is 134 cm³/mol. The van der Waals surface area contributed by atoms with E-state index in [0.717, 1.165) is 36.4 Å². The van der Waals surface area contributed by atoms with E-state index in [1.165, 1.54) is 11.1 Å². The van der Waals surface area contributed by atoms with Crippen molar-refractivity contribution in [2.24, 2.45) is 5.73 Å². The first-order chi connectivity index (χ1) is 16.9. The number of methoxy groups -OCH3 is 2. The molecule has 1 amide bonds. The number of nitrogens with two attached hydrogens (primary N) is 1. The van der Waals surface area contributed by atoms with Gasteiger partial charge in [0.1, 0.15) is 5.75 Å². The zero-order chi connectivity index (χ0) is 24.9. The second-order valence-electron chi connectivity index (χ2n) is 8.67. The van der Waals surface area contributed by atoms with Crippen LogP contribution in [-0.2, 0) is 24.3 Å². The number of primary amides is 1. The van der Waals surface area contributed by atoms with Crippen molar-refractivity contribution in [2.75, 3.05) is 31.4 Å². The second-order valence-corrected chi connectivity index (χ2v) is 8.67. The summed E-state index contributed by atoms with van der Waals surface area (Å²) >= 11 is 0. The molecule has 0 bridgehead atoms. The Balaban J connectivity index is 1.66. The largest absolute Gasteiger partial charge is 0.495 e. The quantitative estimate of drug-likeness (QED) is 0.425. The fourth-order valence-electron chi connectivity index (χ4n) is 4.12. The maximum atomic E-state index is 12.0. The molecule has 2 aromatic carbocycles. The number of amides is 1. The molecule has 35 heavy (non-hydrogen) atoms. The minimum absolute atomic E-state index is 0.0623. The second kappa shape index (κ2) is 10.7. The lowest BCUT2D eigenvalue weighted by atomic mass is 9.97. The first-order valence-electron chi connectivity index (χ1n) is 11.5. The molecule has 10 nitrogen and oxygen atoms in total. The fraction of sp³-hybridized carbons (Fsp3) is 0.360. The van der Waals surface area contributed by atoms with Crippen LogP contribution < -0.4 is 21.1 Å². The van der Waals surface area contributed by atoms with E-state index in [1.807, 2.05) is 24.3 Å². The van der Waals surface area contributed by atoms with Gasteiger partial charge in [0.25, 0.3) is 5.91 Å². The summed E-state index contributed by atoms with van der Waals surface area (Å²) < 4.78 is 10.9. The smallest absolute Gasteiger partial charge is 0.273 e. The van der Waals surface area contributed by atoms with Crippen molar-refractivity contribution in [3.8, 4) is 5.75 Å². The molecule has 4 N–H and O–H groups in total. The molecule has 4 rings (SSSR count). The Kier molecular flexibility index (Phi) is 7.42. The summed E-state index contributed by atoms with van der Waals surface area (Å²) in [5.41, 5.74) is 10.3. The van der Waals surface area contributed by atoms with Crippen LogP contribution in [0.4, 0.5) is 23.1 Å². The summed E-state index contributed by atoms with van der Waals surface area (Å²) in [6, 6.07) is 12.1. The van der Waals surface area contributed by atoms with E-state index in [1.54, 1.807) is 14.2 Å². The van der Waals surface area contributed by atoms with Gasteiger partial charge in [-0.25, -0.2) is 0 Å². The van der Waals surface area contributed by atoms with Gasteiger partial charge in [0.2, 0.25) is 5.95 Å². The van der Waals surface area contributed by atoms with Crippen LogP contribution in [0.25, 0.3) is 0 Å². The molecular formula is C25H31N7O3. The molecule has 0 atom stereocenters. The molecule has 0 fully saturated rings. The van der Waals surface area contributed by atoms with Crippen LogP contribution in [0.15, 0.2) is 36.4 Å². The summed E-state index contributed by atoms with van der Waals surface area (Å²) in [6.07, 6.45) is 0.963. The molecule has 0 saturated heterocycles. The Morgan fingerprint density at radius 1 is 1.11 bits per heavy atom. The van der Waals surface area contributed by atoms with Crippen LogP contribution in [0.1, 0.15) is 41.0 Å². The highest BCUT2D eigenvalue weighted by atomic mass is 16.5. The molecular weight excluding hydrogens is 446 g/mol. The van der Waals surface area contributed by atoms with Gasteiger partial charge in [0.05, 0.1) is 19.4 Å².